The number of nitrogens with zero attached hydrogens (tertiary/aromatic N) is 1. The first-order valence-corrected chi connectivity index (χ1v) is 7.83. The van der Waals surface area contributed by atoms with Crippen LogP contribution in [-0.2, 0) is 23.8 Å². The molecule has 9 nitrogen and oxygen atoms in total. The van der Waals surface area contributed by atoms with Crippen molar-refractivity contribution in [3.63, 3.8) is 0 Å². The van der Waals surface area contributed by atoms with Crippen LogP contribution in [0.2, 0.25) is 0 Å². The van der Waals surface area contributed by atoms with Crippen LogP contribution in [0.4, 0.5) is 4.39 Å². The SMILES string of the molecule is CC(=O)OCCO[C@H](C(F)COC(C)=O)n1cc(I)c(=O)[nH]c1=O. The van der Waals surface area contributed by atoms with Gasteiger partial charge in [0.25, 0.3) is 5.56 Å². The Morgan fingerprint density at radius 2 is 1.88 bits per heavy atom. The molecule has 1 heterocycles. The molecule has 0 radical (unpaired) electrons. The maximum atomic E-state index is 14.3. The summed E-state index contributed by atoms with van der Waals surface area (Å²) in [7, 11) is 0. The number of esters is 2. The molecule has 1 unspecified atom stereocenters. The van der Waals surface area contributed by atoms with Crippen LogP contribution < -0.4 is 11.2 Å². The highest BCUT2D eigenvalue weighted by atomic mass is 127. The topological polar surface area (TPSA) is 117 Å². The fourth-order valence-corrected chi connectivity index (χ4v) is 2.08. The van der Waals surface area contributed by atoms with Gasteiger partial charge in [-0.2, -0.15) is 0 Å². The largest absolute Gasteiger partial charge is 0.463 e. The van der Waals surface area contributed by atoms with Gasteiger partial charge in [0.05, 0.1) is 10.2 Å². The summed E-state index contributed by atoms with van der Waals surface area (Å²) in [5.74, 6) is -1.23. The Morgan fingerprint density at radius 3 is 2.46 bits per heavy atom. The number of H-pyrrole nitrogens is 1. The molecule has 0 amide bonds. The molecular weight excluding hydrogens is 442 g/mol. The van der Waals surface area contributed by atoms with E-state index in [-0.39, 0.29) is 16.8 Å². The van der Waals surface area contributed by atoms with E-state index in [1.165, 1.54) is 6.92 Å². The molecule has 0 fully saturated rings. The van der Waals surface area contributed by atoms with Crippen molar-refractivity contribution in [1.82, 2.24) is 9.55 Å². The van der Waals surface area contributed by atoms with E-state index in [1.807, 2.05) is 4.98 Å². The third kappa shape index (κ3) is 6.39. The summed E-state index contributed by atoms with van der Waals surface area (Å²) in [5.41, 5.74) is -1.51. The second-order valence-corrected chi connectivity index (χ2v) is 5.73. The summed E-state index contributed by atoms with van der Waals surface area (Å²) in [6.07, 6.45) is -2.23. The van der Waals surface area contributed by atoms with Crippen molar-refractivity contribution in [2.24, 2.45) is 0 Å². The molecule has 0 aromatic carbocycles. The van der Waals surface area contributed by atoms with Gasteiger partial charge in [0, 0.05) is 20.0 Å². The molecule has 1 aromatic heterocycles. The highest BCUT2D eigenvalue weighted by molar-refractivity contribution is 14.1. The molecule has 24 heavy (non-hydrogen) atoms. The lowest BCUT2D eigenvalue weighted by Gasteiger charge is -2.23. The zero-order chi connectivity index (χ0) is 18.3. The van der Waals surface area contributed by atoms with Gasteiger partial charge in [0.15, 0.2) is 12.4 Å². The molecule has 1 rings (SSSR count). The predicted molar refractivity (Wildman–Crippen MR) is 87.2 cm³/mol. The van der Waals surface area contributed by atoms with Crippen molar-refractivity contribution in [3.05, 3.63) is 30.6 Å². The molecule has 11 heteroatoms. The molecule has 1 aromatic rings. The first kappa shape index (κ1) is 20.3. The van der Waals surface area contributed by atoms with E-state index < -0.39 is 42.2 Å². The van der Waals surface area contributed by atoms with Gasteiger partial charge in [0.2, 0.25) is 0 Å². The maximum Gasteiger partial charge on any atom is 0.330 e. The van der Waals surface area contributed by atoms with Crippen LogP contribution in [-0.4, -0.2) is 47.5 Å². The van der Waals surface area contributed by atoms with E-state index in [0.29, 0.717) is 0 Å². The number of carbonyl (C=O) groups excluding carboxylic acids is 2. The van der Waals surface area contributed by atoms with E-state index in [2.05, 4.69) is 9.47 Å². The first-order valence-electron chi connectivity index (χ1n) is 6.75. The highest BCUT2D eigenvalue weighted by Crippen LogP contribution is 2.16. The third-order valence-electron chi connectivity index (χ3n) is 2.63. The minimum atomic E-state index is -1.88. The lowest BCUT2D eigenvalue weighted by molar-refractivity contribution is -0.151. The number of ether oxygens (including phenoxy) is 3. The molecular formula is C13H16FIN2O7. The fourth-order valence-electron chi connectivity index (χ4n) is 1.64. The van der Waals surface area contributed by atoms with Crippen LogP contribution in [0.1, 0.15) is 20.1 Å². The minimum Gasteiger partial charge on any atom is -0.463 e. The van der Waals surface area contributed by atoms with Gasteiger partial charge in [-0.25, -0.2) is 9.18 Å². The van der Waals surface area contributed by atoms with Crippen LogP contribution in [0.15, 0.2) is 15.8 Å². The third-order valence-corrected chi connectivity index (χ3v) is 3.40. The average Bonchev–Trinajstić information content (AvgIpc) is 2.49. The van der Waals surface area contributed by atoms with Gasteiger partial charge < -0.3 is 14.2 Å². The van der Waals surface area contributed by atoms with Gasteiger partial charge in [-0.1, -0.05) is 0 Å². The maximum absolute atomic E-state index is 14.3. The Balaban J connectivity index is 2.97. The Bertz CT molecular complexity index is 702. The van der Waals surface area contributed by atoms with Crippen LogP contribution in [0.3, 0.4) is 0 Å². The van der Waals surface area contributed by atoms with Crippen LogP contribution in [0.5, 0.6) is 0 Å². The number of hydrogen-bond donors (Lipinski definition) is 1. The zero-order valence-electron chi connectivity index (χ0n) is 12.9. The normalized spacial score (nSPS) is 13.2. The van der Waals surface area contributed by atoms with E-state index in [4.69, 9.17) is 4.74 Å². The summed E-state index contributed by atoms with van der Waals surface area (Å²) < 4.78 is 29.8. The van der Waals surface area contributed by atoms with Gasteiger partial charge in [-0.05, 0) is 22.6 Å². The highest BCUT2D eigenvalue weighted by Gasteiger charge is 2.26. The van der Waals surface area contributed by atoms with Crippen LogP contribution >= 0.6 is 22.6 Å². The summed E-state index contributed by atoms with van der Waals surface area (Å²) in [6, 6.07) is 0. The number of carbonyl (C=O) groups is 2. The monoisotopic (exact) mass is 458 g/mol. The Labute approximate surface area is 149 Å². The van der Waals surface area contributed by atoms with Crippen molar-refractivity contribution in [3.8, 4) is 0 Å². The second kappa shape index (κ2) is 9.52. The number of alkyl halides is 1. The minimum absolute atomic E-state index is 0.139. The van der Waals surface area contributed by atoms with Gasteiger partial charge in [-0.15, -0.1) is 0 Å². The standard InChI is InChI=1S/C13H16FIN2O7/c1-7(18)22-3-4-23-12(9(14)6-24-8(2)19)17-5-10(15)11(20)16-13(17)21/h5,9,12H,3-4,6H2,1-2H3,(H,16,20,21)/t9?,12-/m1/s1. The molecule has 2 atom stereocenters. The number of rotatable bonds is 8. The van der Waals surface area contributed by atoms with Crippen LogP contribution in [0.25, 0.3) is 0 Å². The number of hydrogen-bond acceptors (Lipinski definition) is 7. The zero-order valence-corrected chi connectivity index (χ0v) is 15.1. The average molecular weight is 458 g/mol. The lowest BCUT2D eigenvalue weighted by atomic mass is 10.3. The quantitative estimate of drug-likeness (QED) is 0.334. The van der Waals surface area contributed by atoms with Crippen molar-refractivity contribution < 1.29 is 28.2 Å². The fraction of sp³-hybridized carbons (Fsp3) is 0.538. The van der Waals surface area contributed by atoms with E-state index in [0.717, 1.165) is 17.7 Å². The molecule has 0 saturated heterocycles. The van der Waals surface area contributed by atoms with E-state index >= 15 is 0 Å². The van der Waals surface area contributed by atoms with Crippen molar-refractivity contribution in [2.45, 2.75) is 26.2 Å². The predicted octanol–water partition coefficient (Wildman–Crippen LogP) is 0.121. The molecule has 0 bridgehead atoms. The summed E-state index contributed by atoms with van der Waals surface area (Å²) in [5, 5.41) is 0. The molecule has 0 aliphatic carbocycles. The van der Waals surface area contributed by atoms with Crippen molar-refractivity contribution in [2.75, 3.05) is 19.8 Å². The van der Waals surface area contributed by atoms with Gasteiger partial charge >= 0.3 is 17.6 Å². The smallest absolute Gasteiger partial charge is 0.330 e. The summed E-state index contributed by atoms with van der Waals surface area (Å²) in [6.45, 7) is 1.31. The number of nitrogens with one attached hydrogen (secondary N) is 1. The van der Waals surface area contributed by atoms with Crippen molar-refractivity contribution >= 4 is 34.5 Å². The molecule has 134 valence electrons. The Hall–Kier alpha value is -1.76. The first-order chi connectivity index (χ1) is 11.2. The van der Waals surface area contributed by atoms with Crippen molar-refractivity contribution in [1.29, 1.82) is 0 Å². The molecule has 0 aliphatic rings. The molecule has 0 spiro atoms. The Morgan fingerprint density at radius 1 is 1.25 bits per heavy atom. The number of aromatic amines is 1. The second-order valence-electron chi connectivity index (χ2n) is 4.56. The Kier molecular flexibility index (Phi) is 8.04. The number of aromatic nitrogens is 2. The molecule has 0 saturated carbocycles. The number of halogens is 2. The van der Waals surface area contributed by atoms with Gasteiger partial charge in [-0.3, -0.25) is 23.9 Å². The van der Waals surface area contributed by atoms with E-state index in [9.17, 15) is 23.6 Å². The van der Waals surface area contributed by atoms with E-state index in [1.54, 1.807) is 22.6 Å². The lowest BCUT2D eigenvalue weighted by Crippen LogP contribution is -2.39. The molecule has 1 N–H and O–H groups in total. The summed E-state index contributed by atoms with van der Waals surface area (Å²) in [4.78, 5) is 46.8. The summed E-state index contributed by atoms with van der Waals surface area (Å²) >= 11 is 1.67. The molecule has 0 aliphatic heterocycles. The van der Waals surface area contributed by atoms with Gasteiger partial charge in [0.1, 0.15) is 13.2 Å². The van der Waals surface area contributed by atoms with Crippen LogP contribution in [0, 0.1) is 3.57 Å².